The minimum atomic E-state index is -4.22. The molecule has 2 aromatic heterocycles. The maximum atomic E-state index is 13.1. The maximum Gasteiger partial charge on any atom is 0.394 e. The summed E-state index contributed by atoms with van der Waals surface area (Å²) in [6, 6.07) is 4.57. The highest BCUT2D eigenvalue weighted by Crippen LogP contribution is 2.59. The fourth-order valence-electron chi connectivity index (χ4n) is 5.03. The van der Waals surface area contributed by atoms with E-state index >= 15 is 0 Å². The molecule has 2 aliphatic rings. The normalized spacial score (nSPS) is 19.6. The molecule has 1 saturated carbocycles. The summed E-state index contributed by atoms with van der Waals surface area (Å²) in [4.78, 5) is 17.6. The van der Waals surface area contributed by atoms with Crippen molar-refractivity contribution in [2.75, 3.05) is 19.7 Å². The maximum absolute atomic E-state index is 13.1. The molecule has 1 saturated heterocycles. The minimum absolute atomic E-state index is 0.0516. The number of allylic oxidation sites excluding steroid dienone is 2. The Hall–Kier alpha value is -2.77. The monoisotopic (exact) mass is 627 g/mol. The fourth-order valence-corrected chi connectivity index (χ4v) is 5.86. The van der Waals surface area contributed by atoms with E-state index in [4.69, 9.17) is 21.7 Å². The van der Waals surface area contributed by atoms with Crippen LogP contribution >= 0.6 is 23.5 Å². The van der Waals surface area contributed by atoms with Crippen molar-refractivity contribution in [2.45, 2.75) is 71.0 Å². The number of ether oxygens (including phenoxy) is 1. The third-order valence-electron chi connectivity index (χ3n) is 7.77. The number of rotatable bonds is 14. The number of carbonyl (C=O) groups excluding carboxylic acids is 1. The predicted octanol–water partition coefficient (Wildman–Crippen LogP) is 6.05. The summed E-state index contributed by atoms with van der Waals surface area (Å²) in [7, 11) is 0. The molecule has 2 fully saturated rings. The molecule has 230 valence electrons. The van der Waals surface area contributed by atoms with E-state index in [2.05, 4.69) is 39.3 Å². The lowest BCUT2D eigenvalue weighted by atomic mass is 9.94. The summed E-state index contributed by atoms with van der Waals surface area (Å²) in [5.41, 5.74) is -0.492. The lowest BCUT2D eigenvalue weighted by Gasteiger charge is -2.18. The van der Waals surface area contributed by atoms with Gasteiger partial charge in [-0.1, -0.05) is 11.6 Å². The zero-order valence-corrected chi connectivity index (χ0v) is 25.5. The molecule has 42 heavy (non-hydrogen) atoms. The van der Waals surface area contributed by atoms with E-state index in [1.54, 1.807) is 12.3 Å². The molecule has 9 nitrogen and oxygen atoms in total. The number of nitrogens with zero attached hydrogens (tertiary/aromatic N) is 3. The molecule has 4 N–H and O–H groups in total. The summed E-state index contributed by atoms with van der Waals surface area (Å²) < 4.78 is 48.8. The van der Waals surface area contributed by atoms with Gasteiger partial charge < -0.3 is 20.8 Å². The lowest BCUT2D eigenvalue weighted by Crippen LogP contribution is -2.31. The van der Waals surface area contributed by atoms with E-state index in [0.29, 0.717) is 16.6 Å². The Morgan fingerprint density at radius 1 is 1.33 bits per heavy atom. The minimum Gasteiger partial charge on any atom is -0.477 e. The van der Waals surface area contributed by atoms with Crippen molar-refractivity contribution in [3.8, 4) is 11.7 Å². The van der Waals surface area contributed by atoms with E-state index in [9.17, 15) is 18.0 Å². The molecule has 4 rings (SSSR count). The Labute approximate surface area is 253 Å². The first-order valence-corrected chi connectivity index (χ1v) is 15.1. The van der Waals surface area contributed by atoms with E-state index in [1.165, 1.54) is 29.4 Å². The molecular weight excluding hydrogens is 591 g/mol. The van der Waals surface area contributed by atoms with Crippen molar-refractivity contribution in [3.63, 3.8) is 0 Å². The topological polar surface area (TPSA) is 117 Å². The van der Waals surface area contributed by atoms with Crippen molar-refractivity contribution >= 4 is 35.7 Å². The van der Waals surface area contributed by atoms with Gasteiger partial charge in [-0.25, -0.2) is 9.67 Å². The van der Waals surface area contributed by atoms with Gasteiger partial charge in [0, 0.05) is 36.3 Å². The second-order valence-electron chi connectivity index (χ2n) is 11.6. The molecule has 1 amide bonds. The van der Waals surface area contributed by atoms with Crippen LogP contribution in [0.2, 0.25) is 5.15 Å². The van der Waals surface area contributed by atoms with Crippen LogP contribution in [-0.2, 0) is 0 Å². The van der Waals surface area contributed by atoms with E-state index in [-0.39, 0.29) is 48.0 Å². The number of carbonyl (C=O) groups is 1. The first-order valence-electron chi connectivity index (χ1n) is 13.9. The van der Waals surface area contributed by atoms with E-state index in [0.717, 1.165) is 43.6 Å². The van der Waals surface area contributed by atoms with Gasteiger partial charge in [0.25, 0.3) is 5.91 Å². The summed E-state index contributed by atoms with van der Waals surface area (Å²) in [6.07, 6.45) is 1.95. The first-order chi connectivity index (χ1) is 19.8. The molecule has 0 aromatic carbocycles. The van der Waals surface area contributed by atoms with E-state index in [1.807, 2.05) is 6.92 Å². The number of hydrogen-bond donors (Lipinski definition) is 4. The molecule has 1 atom stereocenters. The van der Waals surface area contributed by atoms with Crippen molar-refractivity contribution in [2.24, 2.45) is 11.3 Å². The summed E-state index contributed by atoms with van der Waals surface area (Å²) >= 11 is 7.32. The molecule has 1 aliphatic carbocycles. The predicted molar refractivity (Wildman–Crippen MR) is 158 cm³/mol. The van der Waals surface area contributed by atoms with Gasteiger partial charge in [-0.3, -0.25) is 9.52 Å². The van der Waals surface area contributed by atoms with Gasteiger partial charge in [-0.2, -0.15) is 13.2 Å². The largest absolute Gasteiger partial charge is 0.477 e. The van der Waals surface area contributed by atoms with E-state index < -0.39 is 17.5 Å². The van der Waals surface area contributed by atoms with Crippen LogP contribution in [0.15, 0.2) is 35.0 Å². The number of alkyl halides is 3. The van der Waals surface area contributed by atoms with Crippen molar-refractivity contribution in [1.29, 1.82) is 5.41 Å². The zero-order valence-electron chi connectivity index (χ0n) is 23.9. The Morgan fingerprint density at radius 2 is 2.10 bits per heavy atom. The highest BCUT2D eigenvalue weighted by atomic mass is 35.5. The zero-order chi connectivity index (χ0) is 30.5. The van der Waals surface area contributed by atoms with Crippen molar-refractivity contribution in [1.82, 2.24) is 30.1 Å². The smallest absolute Gasteiger partial charge is 0.394 e. The molecule has 0 radical (unpaired) electrons. The van der Waals surface area contributed by atoms with Crippen LogP contribution in [0.4, 0.5) is 13.2 Å². The number of amides is 1. The average Bonchev–Trinajstić information content (AvgIpc) is 3.45. The van der Waals surface area contributed by atoms with Gasteiger partial charge in [0.15, 0.2) is 5.82 Å². The van der Waals surface area contributed by atoms with Gasteiger partial charge in [0.05, 0.1) is 22.5 Å². The average molecular weight is 628 g/mol. The third kappa shape index (κ3) is 8.19. The number of hydrogen-bond acceptors (Lipinski definition) is 8. The van der Waals surface area contributed by atoms with Gasteiger partial charge in [0.2, 0.25) is 5.88 Å². The molecule has 14 heteroatoms. The molecule has 3 heterocycles. The van der Waals surface area contributed by atoms with Crippen LogP contribution in [0.3, 0.4) is 0 Å². The number of halogens is 4. The second-order valence-corrected chi connectivity index (χ2v) is 12.8. The summed E-state index contributed by atoms with van der Waals surface area (Å²) in [5, 5.41) is 18.8. The number of pyridine rings is 1. The highest BCUT2D eigenvalue weighted by molar-refractivity contribution is 8.02. The second kappa shape index (κ2) is 13.3. The van der Waals surface area contributed by atoms with Crippen LogP contribution < -0.4 is 20.1 Å². The molecule has 0 bridgehead atoms. The molecule has 0 unspecified atom stereocenters. The van der Waals surface area contributed by atoms with Gasteiger partial charge in [0.1, 0.15) is 5.15 Å². The third-order valence-corrected chi connectivity index (χ3v) is 8.98. The lowest BCUT2D eigenvalue weighted by molar-refractivity contribution is -0.190. The van der Waals surface area contributed by atoms with Gasteiger partial charge in [-0.05, 0) is 95.8 Å². The van der Waals surface area contributed by atoms with Crippen LogP contribution in [-0.4, -0.2) is 58.3 Å². The van der Waals surface area contributed by atoms with Crippen LogP contribution in [0.5, 0.6) is 5.88 Å². The Kier molecular flexibility index (Phi) is 10.1. The highest BCUT2D eigenvalue weighted by Gasteiger charge is 2.62. The molecule has 2 aromatic rings. The Bertz CT molecular complexity index is 1310. The SMILES string of the molecule is C/C(NCCC[C@@H]1CNC(C)(C)C1)=C(/C=N)SNC(=O)c1ccc(-n2ccc(OCCC3(C(F)(F)F)CC3)n2)nc1Cl. The molecule has 1 aliphatic heterocycles. The van der Waals surface area contributed by atoms with Crippen molar-refractivity contribution < 1.29 is 22.7 Å². The van der Waals surface area contributed by atoms with Crippen molar-refractivity contribution in [3.05, 3.63) is 45.7 Å². The quantitative estimate of drug-likeness (QED) is 0.0872. The Balaban J connectivity index is 1.25. The first kappa shape index (κ1) is 32.2. The molecule has 0 spiro atoms. The van der Waals surface area contributed by atoms with Crippen LogP contribution in [0.25, 0.3) is 5.82 Å². The summed E-state index contributed by atoms with van der Waals surface area (Å²) in [6.45, 7) is 8.04. The number of aromatic nitrogens is 3. The summed E-state index contributed by atoms with van der Waals surface area (Å²) in [5.74, 6) is 0.668. The molecular formula is C28H37ClF3N7O2S. The number of nitrogens with one attached hydrogen (secondary N) is 4. The van der Waals surface area contributed by atoms with Crippen LogP contribution in [0.1, 0.15) is 69.7 Å². The standard InChI is InChI=1S/C28H37ClF3N7O2S/c1-18(34-12-4-5-19-15-26(2,3)35-17-19)21(16-33)42-38-25(40)20-6-7-22(36-24(20)29)39-13-8-23(37-39)41-14-11-27(9-10-27)28(30,31)32/h6-8,13,16,19,33-35H,4-5,9-12,14-15,17H2,1-3H3,(H,38,40)/b21-18+,33-16?/t19-/m0/s1. The fraction of sp³-hybridized carbons (Fsp3) is 0.571. The van der Waals surface area contributed by atoms with Gasteiger partial charge in [-0.15, -0.1) is 5.10 Å². The van der Waals surface area contributed by atoms with Crippen LogP contribution in [0, 0.1) is 16.7 Å². The Morgan fingerprint density at radius 3 is 2.71 bits per heavy atom. The van der Waals surface area contributed by atoms with Gasteiger partial charge >= 0.3 is 6.18 Å².